The van der Waals surface area contributed by atoms with Crippen LogP contribution in [-0.4, -0.2) is 42.9 Å². The number of likely N-dealkylation sites (tertiary alicyclic amines) is 1. The number of carbonyl (C=O) groups is 1. The largest absolute Gasteiger partial charge is 0.313 e. The number of nitrogens with one attached hydrogen (secondary N) is 1. The molecular formula is C9H17ClN2O. The molecule has 3 nitrogen and oxygen atoms in total. The fourth-order valence-electron chi connectivity index (χ4n) is 2.07. The topological polar surface area (TPSA) is 32.3 Å². The highest BCUT2D eigenvalue weighted by atomic mass is 35.5. The highest BCUT2D eigenvalue weighted by Gasteiger charge is 2.23. The second kappa shape index (κ2) is 4.94. The lowest BCUT2D eigenvalue weighted by Crippen LogP contribution is -2.36. The molecule has 2 aliphatic heterocycles. The summed E-state index contributed by atoms with van der Waals surface area (Å²) < 4.78 is 0. The van der Waals surface area contributed by atoms with Crippen LogP contribution >= 0.6 is 12.4 Å². The van der Waals surface area contributed by atoms with Gasteiger partial charge in [-0.25, -0.2) is 0 Å². The predicted molar refractivity (Wildman–Crippen MR) is 54.3 cm³/mol. The number of hydrogen-bond donors (Lipinski definition) is 1. The van der Waals surface area contributed by atoms with Gasteiger partial charge in [0.1, 0.15) is 5.78 Å². The summed E-state index contributed by atoms with van der Waals surface area (Å²) in [6.45, 7) is 3.91. The quantitative estimate of drug-likeness (QED) is 0.709. The molecule has 0 aromatic rings. The van der Waals surface area contributed by atoms with Gasteiger partial charge in [-0.1, -0.05) is 0 Å². The molecule has 13 heavy (non-hydrogen) atoms. The fourth-order valence-corrected chi connectivity index (χ4v) is 2.07. The van der Waals surface area contributed by atoms with Crippen LogP contribution < -0.4 is 5.32 Å². The Hall–Kier alpha value is -0.120. The Morgan fingerprint density at radius 2 is 2.38 bits per heavy atom. The number of rotatable bonds is 2. The summed E-state index contributed by atoms with van der Waals surface area (Å²) in [7, 11) is 0. The van der Waals surface area contributed by atoms with Crippen LogP contribution in [0.4, 0.5) is 0 Å². The van der Waals surface area contributed by atoms with E-state index in [1.54, 1.807) is 0 Å². The molecule has 4 heteroatoms. The number of Topliss-reactive ketones (excluding diaryl/α,β-unsaturated/α-hetero) is 1. The van der Waals surface area contributed by atoms with Crippen molar-refractivity contribution < 1.29 is 4.79 Å². The van der Waals surface area contributed by atoms with E-state index < -0.39 is 0 Å². The summed E-state index contributed by atoms with van der Waals surface area (Å²) in [5, 5.41) is 3.45. The van der Waals surface area contributed by atoms with Crippen molar-refractivity contribution in [2.45, 2.75) is 25.3 Å². The maximum absolute atomic E-state index is 11.0. The lowest BCUT2D eigenvalue weighted by molar-refractivity contribution is -0.116. The maximum atomic E-state index is 11.0. The highest BCUT2D eigenvalue weighted by Crippen LogP contribution is 2.10. The van der Waals surface area contributed by atoms with Gasteiger partial charge in [0.25, 0.3) is 0 Å². The van der Waals surface area contributed by atoms with Crippen molar-refractivity contribution >= 4 is 18.2 Å². The van der Waals surface area contributed by atoms with Gasteiger partial charge in [0.15, 0.2) is 0 Å². The van der Waals surface area contributed by atoms with Crippen LogP contribution in [0.15, 0.2) is 0 Å². The zero-order chi connectivity index (χ0) is 8.39. The molecule has 0 bridgehead atoms. The summed E-state index contributed by atoms with van der Waals surface area (Å²) in [5.41, 5.74) is 0. The third-order valence-corrected chi connectivity index (χ3v) is 2.75. The van der Waals surface area contributed by atoms with Gasteiger partial charge in [-0.2, -0.15) is 0 Å². The molecule has 2 heterocycles. The van der Waals surface area contributed by atoms with E-state index in [-0.39, 0.29) is 12.4 Å². The molecule has 0 aliphatic carbocycles. The van der Waals surface area contributed by atoms with E-state index in [1.807, 2.05) is 0 Å². The van der Waals surface area contributed by atoms with Crippen molar-refractivity contribution in [2.75, 3.05) is 26.2 Å². The van der Waals surface area contributed by atoms with Gasteiger partial charge in [0.2, 0.25) is 0 Å². The van der Waals surface area contributed by atoms with E-state index in [4.69, 9.17) is 0 Å². The van der Waals surface area contributed by atoms with Crippen molar-refractivity contribution in [3.63, 3.8) is 0 Å². The standard InChI is InChI=1S/C9H16N2O.ClH/c12-9-3-5-11(7-9)6-8-2-1-4-10-8;/h8,10H,1-7H2;1H. The fraction of sp³-hybridized carbons (Fsp3) is 0.889. The molecule has 1 N–H and O–H groups in total. The average molecular weight is 205 g/mol. The van der Waals surface area contributed by atoms with Gasteiger partial charge in [0, 0.05) is 25.6 Å². The van der Waals surface area contributed by atoms with Crippen molar-refractivity contribution in [3.8, 4) is 0 Å². The maximum Gasteiger partial charge on any atom is 0.148 e. The molecule has 2 fully saturated rings. The highest BCUT2D eigenvalue weighted by molar-refractivity contribution is 5.85. The molecule has 76 valence electrons. The van der Waals surface area contributed by atoms with Crippen molar-refractivity contribution in [3.05, 3.63) is 0 Å². The minimum Gasteiger partial charge on any atom is -0.313 e. The second-order valence-corrected chi connectivity index (χ2v) is 3.82. The van der Waals surface area contributed by atoms with Crippen LogP contribution in [0.3, 0.4) is 0 Å². The summed E-state index contributed by atoms with van der Waals surface area (Å²) in [5.74, 6) is 0.410. The van der Waals surface area contributed by atoms with Gasteiger partial charge in [0.05, 0.1) is 6.54 Å². The monoisotopic (exact) mass is 204 g/mol. The summed E-state index contributed by atoms with van der Waals surface area (Å²) >= 11 is 0. The van der Waals surface area contributed by atoms with Crippen molar-refractivity contribution in [1.82, 2.24) is 10.2 Å². The summed E-state index contributed by atoms with van der Waals surface area (Å²) in [4.78, 5) is 13.2. The van der Waals surface area contributed by atoms with E-state index in [1.165, 1.54) is 12.8 Å². The van der Waals surface area contributed by atoms with Gasteiger partial charge in [-0.05, 0) is 19.4 Å². The molecule has 0 saturated carbocycles. The minimum atomic E-state index is 0. The zero-order valence-electron chi connectivity index (χ0n) is 7.79. The molecule has 0 aromatic heterocycles. The molecular weight excluding hydrogens is 188 g/mol. The van der Waals surface area contributed by atoms with Gasteiger partial charge < -0.3 is 5.32 Å². The minimum absolute atomic E-state index is 0. The van der Waals surface area contributed by atoms with Crippen LogP contribution in [0.25, 0.3) is 0 Å². The first-order chi connectivity index (χ1) is 5.84. The first kappa shape index (κ1) is 11.0. The number of nitrogens with zero attached hydrogens (tertiary/aromatic N) is 1. The molecule has 0 spiro atoms. The third kappa shape index (κ3) is 2.93. The molecule has 2 saturated heterocycles. The van der Waals surface area contributed by atoms with Crippen LogP contribution in [0.5, 0.6) is 0 Å². The predicted octanol–water partition coefficient (Wildman–Crippen LogP) is 0.435. The number of ketones is 1. The lowest BCUT2D eigenvalue weighted by atomic mass is 10.2. The molecule has 0 radical (unpaired) electrons. The average Bonchev–Trinajstić information content (AvgIpc) is 2.63. The lowest BCUT2D eigenvalue weighted by Gasteiger charge is -2.18. The Kier molecular flexibility index (Phi) is 4.16. The van der Waals surface area contributed by atoms with E-state index >= 15 is 0 Å². The zero-order valence-corrected chi connectivity index (χ0v) is 8.61. The van der Waals surface area contributed by atoms with E-state index in [0.29, 0.717) is 18.4 Å². The first-order valence-electron chi connectivity index (χ1n) is 4.82. The van der Waals surface area contributed by atoms with Crippen molar-refractivity contribution in [2.24, 2.45) is 0 Å². The second-order valence-electron chi connectivity index (χ2n) is 3.82. The molecule has 0 aromatic carbocycles. The van der Waals surface area contributed by atoms with Crippen molar-refractivity contribution in [1.29, 1.82) is 0 Å². The Labute approximate surface area is 85.3 Å². The Bertz CT molecular complexity index is 180. The normalized spacial score (nSPS) is 29.2. The molecule has 0 amide bonds. The smallest absolute Gasteiger partial charge is 0.148 e. The Morgan fingerprint density at radius 1 is 1.54 bits per heavy atom. The molecule has 1 atom stereocenters. The van der Waals surface area contributed by atoms with Crippen LogP contribution in [0.1, 0.15) is 19.3 Å². The van der Waals surface area contributed by atoms with Gasteiger partial charge in [-0.3, -0.25) is 9.69 Å². The number of hydrogen-bond acceptors (Lipinski definition) is 3. The van der Waals surface area contributed by atoms with Crippen LogP contribution in [0.2, 0.25) is 0 Å². The molecule has 2 aliphatic rings. The van der Waals surface area contributed by atoms with Gasteiger partial charge in [-0.15, -0.1) is 12.4 Å². The van der Waals surface area contributed by atoms with E-state index in [9.17, 15) is 4.79 Å². The van der Waals surface area contributed by atoms with E-state index in [2.05, 4.69) is 10.2 Å². The third-order valence-electron chi connectivity index (χ3n) is 2.75. The van der Waals surface area contributed by atoms with Crippen LogP contribution in [-0.2, 0) is 4.79 Å². The molecule has 2 rings (SSSR count). The number of carbonyl (C=O) groups excluding carboxylic acids is 1. The summed E-state index contributed by atoms with van der Waals surface area (Å²) in [6, 6.07) is 0.649. The Morgan fingerprint density at radius 3 is 2.92 bits per heavy atom. The SMILES string of the molecule is Cl.O=C1CCN(CC2CCCN2)C1. The van der Waals surface area contributed by atoms with Gasteiger partial charge >= 0.3 is 0 Å². The van der Waals surface area contributed by atoms with Crippen LogP contribution in [0, 0.1) is 0 Å². The number of halogens is 1. The Balaban J connectivity index is 0.000000845. The van der Waals surface area contributed by atoms with E-state index in [0.717, 1.165) is 26.1 Å². The molecule has 1 unspecified atom stereocenters. The summed E-state index contributed by atoms with van der Waals surface area (Å²) in [6.07, 6.45) is 3.35. The first-order valence-corrected chi connectivity index (χ1v) is 4.82.